The molecule has 5 heteroatoms. The number of ether oxygens (including phenoxy) is 1. The molecular weight excluding hydrogens is 276 g/mol. The Hall–Kier alpha value is -2.40. The molecule has 114 valence electrons. The summed E-state index contributed by atoms with van der Waals surface area (Å²) in [6.45, 7) is 2.72. The predicted octanol–water partition coefficient (Wildman–Crippen LogP) is 3.08. The normalized spacial score (nSPS) is 12.5. The van der Waals surface area contributed by atoms with Crippen LogP contribution in [0.4, 0.5) is 5.82 Å². The van der Waals surface area contributed by atoms with Crippen molar-refractivity contribution >= 4 is 16.7 Å². The van der Waals surface area contributed by atoms with Crippen LogP contribution in [0.2, 0.25) is 0 Å². The van der Waals surface area contributed by atoms with E-state index in [4.69, 9.17) is 4.74 Å². The smallest absolute Gasteiger partial charge is 0.154 e. The second kappa shape index (κ2) is 6.15. The van der Waals surface area contributed by atoms with Gasteiger partial charge < -0.3 is 10.1 Å². The highest BCUT2D eigenvalue weighted by Gasteiger charge is 2.12. The van der Waals surface area contributed by atoms with Gasteiger partial charge >= 0.3 is 0 Å². The van der Waals surface area contributed by atoms with Crippen molar-refractivity contribution in [2.45, 2.75) is 13.0 Å². The lowest BCUT2D eigenvalue weighted by atomic mass is 10.1. The molecule has 0 saturated carbocycles. The average molecular weight is 296 g/mol. The van der Waals surface area contributed by atoms with E-state index in [0.29, 0.717) is 6.54 Å². The van der Waals surface area contributed by atoms with Gasteiger partial charge in [0.15, 0.2) is 5.82 Å². The number of nitrogens with zero attached hydrogens (tertiary/aromatic N) is 3. The van der Waals surface area contributed by atoms with Crippen molar-refractivity contribution in [3.8, 4) is 0 Å². The van der Waals surface area contributed by atoms with Crippen LogP contribution in [0, 0.1) is 6.92 Å². The van der Waals surface area contributed by atoms with Crippen molar-refractivity contribution in [1.29, 1.82) is 0 Å². The average Bonchev–Trinajstić information content (AvgIpc) is 2.90. The van der Waals surface area contributed by atoms with Crippen molar-refractivity contribution < 1.29 is 4.74 Å². The molecule has 1 aromatic carbocycles. The van der Waals surface area contributed by atoms with Gasteiger partial charge in [-0.2, -0.15) is 5.10 Å². The lowest BCUT2D eigenvalue weighted by Gasteiger charge is -2.17. The van der Waals surface area contributed by atoms with Crippen LogP contribution in [0.1, 0.15) is 17.2 Å². The van der Waals surface area contributed by atoms with Gasteiger partial charge in [0.25, 0.3) is 0 Å². The molecule has 1 unspecified atom stereocenters. The Morgan fingerprint density at radius 2 is 2.00 bits per heavy atom. The maximum Gasteiger partial charge on any atom is 0.154 e. The predicted molar refractivity (Wildman–Crippen MR) is 87.9 cm³/mol. The van der Waals surface area contributed by atoms with E-state index in [1.807, 2.05) is 19.3 Å². The number of hydrogen-bond acceptors (Lipinski definition) is 4. The SMILES string of the molecule is COC(CNc1nccc2cn(C)nc12)c1ccc(C)cc1. The Kier molecular flexibility index (Phi) is 4.06. The van der Waals surface area contributed by atoms with Crippen LogP contribution >= 0.6 is 0 Å². The van der Waals surface area contributed by atoms with Crippen LogP contribution in [0.15, 0.2) is 42.7 Å². The van der Waals surface area contributed by atoms with Crippen LogP contribution in [0.5, 0.6) is 0 Å². The van der Waals surface area contributed by atoms with Crippen LogP contribution in [-0.4, -0.2) is 28.4 Å². The molecule has 0 aliphatic rings. The Labute approximate surface area is 129 Å². The van der Waals surface area contributed by atoms with E-state index in [1.165, 1.54) is 5.56 Å². The summed E-state index contributed by atoms with van der Waals surface area (Å²) in [4.78, 5) is 4.39. The molecule has 22 heavy (non-hydrogen) atoms. The molecule has 0 amide bonds. The molecular formula is C17H20N4O. The third kappa shape index (κ3) is 2.94. The van der Waals surface area contributed by atoms with Crippen LogP contribution in [0.25, 0.3) is 10.9 Å². The van der Waals surface area contributed by atoms with Crippen molar-refractivity contribution in [2.75, 3.05) is 19.0 Å². The number of methoxy groups -OCH3 is 1. The molecule has 0 spiro atoms. The zero-order valence-corrected chi connectivity index (χ0v) is 13.1. The van der Waals surface area contributed by atoms with E-state index in [9.17, 15) is 0 Å². The number of benzene rings is 1. The molecule has 0 aliphatic carbocycles. The minimum Gasteiger partial charge on any atom is -0.375 e. The zero-order valence-electron chi connectivity index (χ0n) is 13.1. The first-order chi connectivity index (χ1) is 10.7. The molecule has 0 aliphatic heterocycles. The Bertz CT molecular complexity index is 764. The summed E-state index contributed by atoms with van der Waals surface area (Å²) in [6.07, 6.45) is 3.75. The van der Waals surface area contributed by atoms with Gasteiger partial charge in [0, 0.05) is 38.5 Å². The number of nitrogens with one attached hydrogen (secondary N) is 1. The third-order valence-corrected chi connectivity index (χ3v) is 3.73. The zero-order chi connectivity index (χ0) is 15.5. The first kappa shape index (κ1) is 14.5. The van der Waals surface area contributed by atoms with Gasteiger partial charge in [-0.3, -0.25) is 4.68 Å². The second-order valence-corrected chi connectivity index (χ2v) is 5.42. The number of aryl methyl sites for hydroxylation is 2. The molecule has 3 aromatic rings. The monoisotopic (exact) mass is 296 g/mol. The fourth-order valence-corrected chi connectivity index (χ4v) is 2.50. The van der Waals surface area contributed by atoms with Crippen LogP contribution in [0.3, 0.4) is 0 Å². The molecule has 1 atom stereocenters. The van der Waals surface area contributed by atoms with Crippen molar-refractivity contribution in [3.63, 3.8) is 0 Å². The maximum absolute atomic E-state index is 5.60. The van der Waals surface area contributed by atoms with Gasteiger partial charge in [-0.05, 0) is 18.6 Å². The lowest BCUT2D eigenvalue weighted by Crippen LogP contribution is -2.15. The summed E-state index contributed by atoms with van der Waals surface area (Å²) >= 11 is 0. The number of rotatable bonds is 5. The van der Waals surface area contributed by atoms with Crippen molar-refractivity contribution in [2.24, 2.45) is 7.05 Å². The van der Waals surface area contributed by atoms with Gasteiger partial charge in [0.1, 0.15) is 5.52 Å². The Balaban J connectivity index is 1.78. The molecule has 2 aromatic heterocycles. The van der Waals surface area contributed by atoms with Gasteiger partial charge in [0.05, 0.1) is 6.10 Å². The molecule has 3 rings (SSSR count). The van der Waals surface area contributed by atoms with Crippen molar-refractivity contribution in [3.05, 3.63) is 53.9 Å². The van der Waals surface area contributed by atoms with E-state index in [-0.39, 0.29) is 6.10 Å². The highest BCUT2D eigenvalue weighted by Crippen LogP contribution is 2.21. The molecule has 0 saturated heterocycles. The van der Waals surface area contributed by atoms with E-state index in [1.54, 1.807) is 18.0 Å². The second-order valence-electron chi connectivity index (χ2n) is 5.42. The standard InChI is InChI=1S/C17H20N4O/c1-12-4-6-13(7-5-12)15(22-3)10-19-17-16-14(8-9-18-17)11-21(2)20-16/h4-9,11,15H,10H2,1-3H3,(H,18,19). The number of fused-ring (bicyclic) bond motifs is 1. The first-order valence-electron chi connectivity index (χ1n) is 7.29. The fourth-order valence-electron chi connectivity index (χ4n) is 2.50. The molecule has 0 radical (unpaired) electrons. The topological polar surface area (TPSA) is 52.0 Å². The quantitative estimate of drug-likeness (QED) is 0.786. The van der Waals surface area contributed by atoms with Gasteiger partial charge in [-0.15, -0.1) is 0 Å². The van der Waals surface area contributed by atoms with Gasteiger partial charge in [-0.25, -0.2) is 4.98 Å². The minimum absolute atomic E-state index is 0.0265. The summed E-state index contributed by atoms with van der Waals surface area (Å²) in [5, 5.41) is 8.88. The minimum atomic E-state index is -0.0265. The molecule has 2 heterocycles. The van der Waals surface area contributed by atoms with E-state index in [0.717, 1.165) is 22.3 Å². The highest BCUT2D eigenvalue weighted by atomic mass is 16.5. The first-order valence-corrected chi connectivity index (χ1v) is 7.29. The van der Waals surface area contributed by atoms with Gasteiger partial charge in [0.2, 0.25) is 0 Å². The van der Waals surface area contributed by atoms with Crippen molar-refractivity contribution in [1.82, 2.24) is 14.8 Å². The summed E-state index contributed by atoms with van der Waals surface area (Å²) in [5.74, 6) is 0.785. The summed E-state index contributed by atoms with van der Waals surface area (Å²) in [7, 11) is 3.63. The summed E-state index contributed by atoms with van der Waals surface area (Å²) in [5.41, 5.74) is 3.27. The third-order valence-electron chi connectivity index (χ3n) is 3.73. The summed E-state index contributed by atoms with van der Waals surface area (Å²) < 4.78 is 7.40. The number of hydrogen-bond donors (Lipinski definition) is 1. The summed E-state index contributed by atoms with van der Waals surface area (Å²) in [6, 6.07) is 10.3. The van der Waals surface area contributed by atoms with E-state index < -0.39 is 0 Å². The molecule has 5 nitrogen and oxygen atoms in total. The number of aromatic nitrogens is 3. The fraction of sp³-hybridized carbons (Fsp3) is 0.294. The molecule has 0 fully saturated rings. The molecule has 0 bridgehead atoms. The Morgan fingerprint density at radius 1 is 1.23 bits per heavy atom. The van der Waals surface area contributed by atoms with E-state index in [2.05, 4.69) is 46.6 Å². The molecule has 1 N–H and O–H groups in total. The van der Waals surface area contributed by atoms with Gasteiger partial charge in [-0.1, -0.05) is 29.8 Å². The van der Waals surface area contributed by atoms with E-state index >= 15 is 0 Å². The maximum atomic E-state index is 5.60. The number of anilines is 1. The van der Waals surface area contributed by atoms with Crippen LogP contribution < -0.4 is 5.32 Å². The lowest BCUT2D eigenvalue weighted by molar-refractivity contribution is 0.114. The Morgan fingerprint density at radius 3 is 2.73 bits per heavy atom. The highest BCUT2D eigenvalue weighted by molar-refractivity contribution is 5.87. The largest absolute Gasteiger partial charge is 0.375 e. The number of pyridine rings is 1. The van der Waals surface area contributed by atoms with Crippen LogP contribution in [-0.2, 0) is 11.8 Å².